The SMILES string of the molecule is O=C(C1CCCO1)N1CCN(S(=O)(=O)c2ccc3c(c2)OCO3)CC1. The molecule has 2 saturated heterocycles. The van der Waals surface area contributed by atoms with Gasteiger partial charge in [-0.25, -0.2) is 8.42 Å². The zero-order valence-corrected chi connectivity index (χ0v) is 14.5. The van der Waals surface area contributed by atoms with Gasteiger partial charge < -0.3 is 19.1 Å². The second-order valence-electron chi connectivity index (χ2n) is 6.25. The lowest BCUT2D eigenvalue weighted by atomic mass is 10.2. The van der Waals surface area contributed by atoms with E-state index in [0.717, 1.165) is 12.8 Å². The fourth-order valence-corrected chi connectivity index (χ4v) is 4.75. The van der Waals surface area contributed by atoms with E-state index in [-0.39, 0.29) is 36.8 Å². The van der Waals surface area contributed by atoms with Crippen molar-refractivity contribution in [2.75, 3.05) is 39.6 Å². The molecule has 0 N–H and O–H groups in total. The van der Waals surface area contributed by atoms with Gasteiger partial charge >= 0.3 is 0 Å². The highest BCUT2D eigenvalue weighted by Gasteiger charge is 2.34. The van der Waals surface area contributed by atoms with Crippen LogP contribution in [0.1, 0.15) is 12.8 Å². The Balaban J connectivity index is 1.43. The van der Waals surface area contributed by atoms with E-state index in [0.29, 0.717) is 31.2 Å². The molecule has 8 nitrogen and oxygen atoms in total. The van der Waals surface area contributed by atoms with E-state index >= 15 is 0 Å². The van der Waals surface area contributed by atoms with Gasteiger partial charge in [-0.1, -0.05) is 0 Å². The van der Waals surface area contributed by atoms with E-state index in [2.05, 4.69) is 0 Å². The molecule has 3 aliphatic rings. The molecule has 0 aromatic heterocycles. The summed E-state index contributed by atoms with van der Waals surface area (Å²) in [4.78, 5) is 14.2. The number of amides is 1. The molecule has 0 aliphatic carbocycles. The number of rotatable bonds is 3. The summed E-state index contributed by atoms with van der Waals surface area (Å²) < 4.78 is 42.9. The molecule has 3 heterocycles. The zero-order valence-electron chi connectivity index (χ0n) is 13.7. The summed E-state index contributed by atoms with van der Waals surface area (Å²) >= 11 is 0. The van der Waals surface area contributed by atoms with E-state index < -0.39 is 10.0 Å². The first-order chi connectivity index (χ1) is 12.1. The van der Waals surface area contributed by atoms with Crippen LogP contribution in [0.5, 0.6) is 11.5 Å². The Morgan fingerprint density at radius 1 is 1.08 bits per heavy atom. The molecule has 3 aliphatic heterocycles. The number of carbonyl (C=O) groups excluding carboxylic acids is 1. The fraction of sp³-hybridized carbons (Fsp3) is 0.562. The minimum atomic E-state index is -3.62. The van der Waals surface area contributed by atoms with Crippen LogP contribution in [0.2, 0.25) is 0 Å². The molecule has 1 aromatic carbocycles. The summed E-state index contributed by atoms with van der Waals surface area (Å²) in [7, 11) is -3.62. The Kier molecular flexibility index (Phi) is 4.30. The predicted octanol–water partition coefficient (Wildman–Crippen LogP) is 0.427. The highest BCUT2D eigenvalue weighted by atomic mass is 32.2. The normalized spacial score (nSPS) is 23.8. The summed E-state index contributed by atoms with van der Waals surface area (Å²) in [6.07, 6.45) is 1.28. The lowest BCUT2D eigenvalue weighted by Crippen LogP contribution is -2.52. The summed E-state index contributed by atoms with van der Waals surface area (Å²) in [6.45, 7) is 2.02. The Hall–Kier alpha value is -1.84. The van der Waals surface area contributed by atoms with E-state index in [4.69, 9.17) is 14.2 Å². The van der Waals surface area contributed by atoms with Crippen LogP contribution in [-0.4, -0.2) is 69.2 Å². The quantitative estimate of drug-likeness (QED) is 0.769. The average Bonchev–Trinajstić information content (AvgIpc) is 3.32. The molecule has 25 heavy (non-hydrogen) atoms. The highest BCUT2D eigenvalue weighted by molar-refractivity contribution is 7.89. The number of hydrogen-bond donors (Lipinski definition) is 0. The van der Waals surface area contributed by atoms with E-state index in [1.165, 1.54) is 16.4 Å². The molecule has 136 valence electrons. The molecule has 2 fully saturated rings. The van der Waals surface area contributed by atoms with Crippen molar-refractivity contribution in [3.8, 4) is 11.5 Å². The van der Waals surface area contributed by atoms with Crippen molar-refractivity contribution in [2.45, 2.75) is 23.8 Å². The van der Waals surface area contributed by atoms with Crippen LogP contribution in [0, 0.1) is 0 Å². The van der Waals surface area contributed by atoms with Gasteiger partial charge in [0, 0.05) is 38.9 Å². The van der Waals surface area contributed by atoms with Crippen LogP contribution in [0.25, 0.3) is 0 Å². The molecule has 1 aromatic rings. The summed E-state index contributed by atoms with van der Waals surface area (Å²) in [5.41, 5.74) is 0. The number of piperazine rings is 1. The number of nitrogens with zero attached hydrogens (tertiary/aromatic N) is 2. The lowest BCUT2D eigenvalue weighted by Gasteiger charge is -2.35. The summed E-state index contributed by atoms with van der Waals surface area (Å²) in [5.74, 6) is 0.955. The number of fused-ring (bicyclic) bond motifs is 1. The number of sulfonamides is 1. The Labute approximate surface area is 146 Å². The Morgan fingerprint density at radius 3 is 2.56 bits per heavy atom. The van der Waals surface area contributed by atoms with Crippen LogP contribution in [-0.2, 0) is 19.6 Å². The number of hydrogen-bond acceptors (Lipinski definition) is 6. The topological polar surface area (TPSA) is 85.4 Å². The zero-order chi connectivity index (χ0) is 17.4. The average molecular weight is 368 g/mol. The molecule has 0 bridgehead atoms. The van der Waals surface area contributed by atoms with Crippen molar-refractivity contribution in [2.24, 2.45) is 0 Å². The molecule has 0 radical (unpaired) electrons. The monoisotopic (exact) mass is 368 g/mol. The van der Waals surface area contributed by atoms with Crippen molar-refractivity contribution >= 4 is 15.9 Å². The van der Waals surface area contributed by atoms with E-state index in [9.17, 15) is 13.2 Å². The van der Waals surface area contributed by atoms with E-state index in [1.54, 1.807) is 11.0 Å². The smallest absolute Gasteiger partial charge is 0.251 e. The van der Waals surface area contributed by atoms with Crippen molar-refractivity contribution < 1.29 is 27.4 Å². The van der Waals surface area contributed by atoms with Gasteiger partial charge in [0.25, 0.3) is 5.91 Å². The second-order valence-corrected chi connectivity index (χ2v) is 8.18. The second kappa shape index (κ2) is 6.47. The maximum atomic E-state index is 12.8. The number of benzene rings is 1. The van der Waals surface area contributed by atoms with Crippen molar-refractivity contribution in [1.82, 2.24) is 9.21 Å². The fourth-order valence-electron chi connectivity index (χ4n) is 3.31. The first-order valence-electron chi connectivity index (χ1n) is 8.36. The minimum Gasteiger partial charge on any atom is -0.454 e. The Bertz CT molecular complexity index is 767. The maximum Gasteiger partial charge on any atom is 0.251 e. The molecular formula is C16H20N2O6S. The third-order valence-electron chi connectivity index (χ3n) is 4.74. The van der Waals surface area contributed by atoms with Crippen LogP contribution in [0.4, 0.5) is 0 Å². The van der Waals surface area contributed by atoms with Gasteiger partial charge in [0.05, 0.1) is 4.90 Å². The van der Waals surface area contributed by atoms with Crippen molar-refractivity contribution in [1.29, 1.82) is 0 Å². The van der Waals surface area contributed by atoms with Gasteiger partial charge in [-0.2, -0.15) is 4.31 Å². The third-order valence-corrected chi connectivity index (χ3v) is 6.63. The summed E-state index contributed by atoms with van der Waals surface area (Å²) in [5, 5.41) is 0. The molecule has 9 heteroatoms. The van der Waals surface area contributed by atoms with Crippen LogP contribution in [0.3, 0.4) is 0 Å². The first kappa shape index (κ1) is 16.6. The lowest BCUT2D eigenvalue weighted by molar-refractivity contribution is -0.142. The summed E-state index contributed by atoms with van der Waals surface area (Å²) in [6, 6.07) is 4.61. The molecule has 4 rings (SSSR count). The highest BCUT2D eigenvalue weighted by Crippen LogP contribution is 2.34. The Morgan fingerprint density at radius 2 is 1.84 bits per heavy atom. The van der Waals surface area contributed by atoms with E-state index in [1.807, 2.05) is 0 Å². The van der Waals surface area contributed by atoms with Crippen molar-refractivity contribution in [3.63, 3.8) is 0 Å². The molecule has 0 saturated carbocycles. The number of carbonyl (C=O) groups is 1. The molecule has 1 unspecified atom stereocenters. The van der Waals surface area contributed by atoms with Gasteiger partial charge in [-0.05, 0) is 25.0 Å². The third kappa shape index (κ3) is 3.07. The largest absolute Gasteiger partial charge is 0.454 e. The predicted molar refractivity (Wildman–Crippen MR) is 86.9 cm³/mol. The van der Waals surface area contributed by atoms with Gasteiger partial charge in [0.1, 0.15) is 6.10 Å². The molecule has 1 amide bonds. The molecule has 0 spiro atoms. The minimum absolute atomic E-state index is 0.0300. The van der Waals surface area contributed by atoms with Gasteiger partial charge in [0.15, 0.2) is 11.5 Å². The molecule has 1 atom stereocenters. The maximum absolute atomic E-state index is 12.8. The van der Waals surface area contributed by atoms with Gasteiger partial charge in [-0.15, -0.1) is 0 Å². The van der Waals surface area contributed by atoms with Gasteiger partial charge in [0.2, 0.25) is 16.8 Å². The van der Waals surface area contributed by atoms with Gasteiger partial charge in [-0.3, -0.25) is 4.79 Å². The van der Waals surface area contributed by atoms with Crippen LogP contribution < -0.4 is 9.47 Å². The van der Waals surface area contributed by atoms with Crippen molar-refractivity contribution in [3.05, 3.63) is 18.2 Å². The van der Waals surface area contributed by atoms with Crippen LogP contribution in [0.15, 0.2) is 23.1 Å². The standard InChI is InChI=1S/C16H20N2O6S/c19-16(14-2-1-9-22-14)17-5-7-18(8-6-17)25(20,21)12-3-4-13-15(10-12)24-11-23-13/h3-4,10,14H,1-2,5-9,11H2. The first-order valence-corrected chi connectivity index (χ1v) is 9.80. The number of ether oxygens (including phenoxy) is 3. The molecular weight excluding hydrogens is 348 g/mol. The van der Waals surface area contributed by atoms with Crippen LogP contribution >= 0.6 is 0 Å².